The molecule has 2 rings (SSSR count). The number of rotatable bonds is 4. The van der Waals surface area contributed by atoms with Gasteiger partial charge >= 0.3 is 0 Å². The van der Waals surface area contributed by atoms with Gasteiger partial charge in [0, 0.05) is 10.9 Å². The largest absolute Gasteiger partial charge is 0.313 e. The van der Waals surface area contributed by atoms with Gasteiger partial charge in [0.05, 0.1) is 16.0 Å². The minimum absolute atomic E-state index is 0.0664. The van der Waals surface area contributed by atoms with Crippen molar-refractivity contribution in [1.82, 2.24) is 5.32 Å². The van der Waals surface area contributed by atoms with Gasteiger partial charge in [-0.25, -0.2) is 4.39 Å². The van der Waals surface area contributed by atoms with E-state index in [1.807, 2.05) is 0 Å². The molecule has 1 aliphatic rings. The van der Waals surface area contributed by atoms with Crippen molar-refractivity contribution in [3.63, 3.8) is 0 Å². The molecular formula is C15H22FNOS. The molecule has 3 unspecified atom stereocenters. The zero-order valence-electron chi connectivity index (χ0n) is 11.8. The second-order valence-corrected chi connectivity index (χ2v) is 7.53. The van der Waals surface area contributed by atoms with Gasteiger partial charge < -0.3 is 5.32 Å². The molecule has 0 radical (unpaired) electrons. The Labute approximate surface area is 117 Å². The summed E-state index contributed by atoms with van der Waals surface area (Å²) in [5, 5.41) is 3.53. The van der Waals surface area contributed by atoms with Crippen LogP contribution in [0.25, 0.3) is 0 Å². The molecule has 0 aliphatic heterocycles. The van der Waals surface area contributed by atoms with E-state index < -0.39 is 10.8 Å². The van der Waals surface area contributed by atoms with E-state index in [9.17, 15) is 8.60 Å². The normalized spacial score (nSPS) is 27.4. The Balaban J connectivity index is 2.23. The van der Waals surface area contributed by atoms with Gasteiger partial charge in [-0.3, -0.25) is 4.21 Å². The molecule has 2 nitrogen and oxygen atoms in total. The van der Waals surface area contributed by atoms with E-state index in [2.05, 4.69) is 26.1 Å². The first-order chi connectivity index (χ1) is 8.95. The average molecular weight is 283 g/mol. The van der Waals surface area contributed by atoms with Gasteiger partial charge in [-0.05, 0) is 43.0 Å². The predicted molar refractivity (Wildman–Crippen MR) is 77.1 cm³/mol. The van der Waals surface area contributed by atoms with E-state index in [4.69, 9.17) is 0 Å². The first-order valence-corrected chi connectivity index (χ1v) is 8.06. The van der Waals surface area contributed by atoms with Crippen molar-refractivity contribution < 1.29 is 8.60 Å². The molecule has 1 fully saturated rings. The lowest BCUT2D eigenvalue weighted by Crippen LogP contribution is -2.46. The minimum Gasteiger partial charge on any atom is -0.313 e. The molecule has 3 atom stereocenters. The van der Waals surface area contributed by atoms with Crippen LogP contribution in [0.4, 0.5) is 4.39 Å². The summed E-state index contributed by atoms with van der Waals surface area (Å²) in [6, 6.07) is 6.39. The van der Waals surface area contributed by atoms with E-state index >= 15 is 0 Å². The second kappa shape index (κ2) is 5.71. The number of hydrogen-bond acceptors (Lipinski definition) is 2. The molecule has 19 heavy (non-hydrogen) atoms. The standard InChI is InChI=1S/C15H22FNOS/c1-4-17-14-13(8-9-15(14,2)3)19(18)12-7-5-6-11(16)10-12/h5-7,10,13-14,17H,4,8-9H2,1-3H3. The van der Waals surface area contributed by atoms with Gasteiger partial charge in [0.25, 0.3) is 0 Å². The zero-order chi connectivity index (χ0) is 14.0. The number of benzene rings is 1. The van der Waals surface area contributed by atoms with Crippen molar-refractivity contribution in [2.24, 2.45) is 5.41 Å². The van der Waals surface area contributed by atoms with Gasteiger partial charge in [0.2, 0.25) is 0 Å². The van der Waals surface area contributed by atoms with Crippen LogP contribution in [0.5, 0.6) is 0 Å². The summed E-state index contributed by atoms with van der Waals surface area (Å²) in [6.07, 6.45) is 1.98. The lowest BCUT2D eigenvalue weighted by Gasteiger charge is -2.31. The Kier molecular flexibility index (Phi) is 4.41. The third kappa shape index (κ3) is 3.06. The summed E-state index contributed by atoms with van der Waals surface area (Å²) in [5.74, 6) is -0.317. The summed E-state index contributed by atoms with van der Waals surface area (Å²) in [4.78, 5) is 0.602. The van der Waals surface area contributed by atoms with E-state index in [0.717, 1.165) is 19.4 Å². The smallest absolute Gasteiger partial charge is 0.124 e. The maximum atomic E-state index is 13.3. The zero-order valence-corrected chi connectivity index (χ0v) is 12.6. The maximum Gasteiger partial charge on any atom is 0.124 e. The molecule has 1 aromatic rings. The Hall–Kier alpha value is -0.740. The number of nitrogens with one attached hydrogen (secondary N) is 1. The quantitative estimate of drug-likeness (QED) is 0.920. The molecule has 1 N–H and O–H groups in total. The molecule has 1 aromatic carbocycles. The number of halogens is 1. The maximum absolute atomic E-state index is 13.3. The third-order valence-electron chi connectivity index (χ3n) is 4.01. The lowest BCUT2D eigenvalue weighted by atomic mass is 9.87. The fraction of sp³-hybridized carbons (Fsp3) is 0.600. The SMILES string of the molecule is CCNC1C(S(=O)c2cccc(F)c2)CCC1(C)C. The fourth-order valence-corrected chi connectivity index (χ4v) is 4.80. The summed E-state index contributed by atoms with van der Waals surface area (Å²) >= 11 is 0. The minimum atomic E-state index is -1.15. The summed E-state index contributed by atoms with van der Waals surface area (Å²) in [5.41, 5.74) is 0.143. The van der Waals surface area contributed by atoms with Crippen LogP contribution in [0.1, 0.15) is 33.6 Å². The molecule has 0 aromatic heterocycles. The van der Waals surface area contributed by atoms with Gasteiger partial charge in [-0.2, -0.15) is 0 Å². The highest BCUT2D eigenvalue weighted by molar-refractivity contribution is 7.85. The molecule has 106 valence electrons. The third-order valence-corrected chi connectivity index (χ3v) is 5.79. The molecule has 1 aliphatic carbocycles. The van der Waals surface area contributed by atoms with E-state index in [0.29, 0.717) is 4.90 Å². The molecule has 0 heterocycles. The Morgan fingerprint density at radius 1 is 1.47 bits per heavy atom. The van der Waals surface area contributed by atoms with E-state index in [1.165, 1.54) is 12.1 Å². The monoisotopic (exact) mass is 283 g/mol. The van der Waals surface area contributed by atoms with Crippen LogP contribution in [-0.2, 0) is 10.8 Å². The van der Waals surface area contributed by atoms with E-state index in [-0.39, 0.29) is 22.5 Å². The first kappa shape index (κ1) is 14.7. The molecule has 0 bridgehead atoms. The predicted octanol–water partition coefficient (Wildman–Crippen LogP) is 3.10. The van der Waals surface area contributed by atoms with Crippen LogP contribution in [0, 0.1) is 11.2 Å². The van der Waals surface area contributed by atoms with Gasteiger partial charge in [0.1, 0.15) is 5.82 Å². The van der Waals surface area contributed by atoms with Crippen molar-refractivity contribution in [1.29, 1.82) is 0 Å². The Morgan fingerprint density at radius 2 is 2.21 bits per heavy atom. The van der Waals surface area contributed by atoms with Crippen LogP contribution in [0.15, 0.2) is 29.2 Å². The molecule has 1 saturated carbocycles. The van der Waals surface area contributed by atoms with Crippen molar-refractivity contribution in [2.75, 3.05) is 6.54 Å². The average Bonchev–Trinajstić information content (AvgIpc) is 2.65. The molecule has 0 spiro atoms. The summed E-state index contributed by atoms with van der Waals surface area (Å²) in [6.45, 7) is 7.35. The van der Waals surface area contributed by atoms with E-state index in [1.54, 1.807) is 12.1 Å². The molecule has 0 amide bonds. The summed E-state index contributed by atoms with van der Waals surface area (Å²) in [7, 11) is -1.15. The van der Waals surface area contributed by atoms with Gasteiger partial charge in [0.15, 0.2) is 0 Å². The van der Waals surface area contributed by atoms with Crippen molar-refractivity contribution in [3.8, 4) is 0 Å². The highest BCUT2D eigenvalue weighted by Gasteiger charge is 2.44. The van der Waals surface area contributed by atoms with Crippen LogP contribution >= 0.6 is 0 Å². The number of hydrogen-bond donors (Lipinski definition) is 1. The highest BCUT2D eigenvalue weighted by atomic mass is 32.2. The van der Waals surface area contributed by atoms with Crippen molar-refractivity contribution in [2.45, 2.75) is 49.8 Å². The highest BCUT2D eigenvalue weighted by Crippen LogP contribution is 2.41. The topological polar surface area (TPSA) is 29.1 Å². The Bertz CT molecular complexity index is 475. The van der Waals surface area contributed by atoms with Gasteiger partial charge in [-0.1, -0.05) is 26.8 Å². The van der Waals surface area contributed by atoms with Crippen molar-refractivity contribution in [3.05, 3.63) is 30.1 Å². The van der Waals surface area contributed by atoms with Crippen LogP contribution < -0.4 is 5.32 Å². The van der Waals surface area contributed by atoms with Crippen LogP contribution in [-0.4, -0.2) is 22.0 Å². The molecular weight excluding hydrogens is 261 g/mol. The first-order valence-electron chi connectivity index (χ1n) is 6.85. The van der Waals surface area contributed by atoms with Gasteiger partial charge in [-0.15, -0.1) is 0 Å². The molecule has 4 heteroatoms. The van der Waals surface area contributed by atoms with Crippen LogP contribution in [0.3, 0.4) is 0 Å². The molecule has 0 saturated heterocycles. The Morgan fingerprint density at radius 3 is 2.84 bits per heavy atom. The van der Waals surface area contributed by atoms with Crippen molar-refractivity contribution >= 4 is 10.8 Å². The second-order valence-electron chi connectivity index (χ2n) is 5.86. The van der Waals surface area contributed by atoms with Crippen LogP contribution in [0.2, 0.25) is 0 Å². The lowest BCUT2D eigenvalue weighted by molar-refractivity contribution is 0.289. The fourth-order valence-electron chi connectivity index (χ4n) is 2.96. The summed E-state index contributed by atoms with van der Waals surface area (Å²) < 4.78 is 25.9.